The summed E-state index contributed by atoms with van der Waals surface area (Å²) in [4.78, 5) is 8.66. The third-order valence-corrected chi connectivity index (χ3v) is 2.94. The Morgan fingerprint density at radius 2 is 1.81 bits per heavy atom. The summed E-state index contributed by atoms with van der Waals surface area (Å²) < 4.78 is 1.00. The first kappa shape index (κ1) is 11.2. The standard InChI is InChI=1S/C12H12BrN3/c13-11-4-2-1-3-10(11)12-15-7-9(5-6-14)8-16-12/h1-4,7-8H,5-6,14H2. The van der Waals surface area contributed by atoms with E-state index in [1.165, 1.54) is 0 Å². The summed E-state index contributed by atoms with van der Waals surface area (Å²) >= 11 is 3.48. The highest BCUT2D eigenvalue weighted by molar-refractivity contribution is 9.10. The highest BCUT2D eigenvalue weighted by Gasteiger charge is 2.04. The van der Waals surface area contributed by atoms with Crippen molar-refractivity contribution in [2.45, 2.75) is 6.42 Å². The van der Waals surface area contributed by atoms with E-state index in [0.29, 0.717) is 6.54 Å². The summed E-state index contributed by atoms with van der Waals surface area (Å²) in [5.74, 6) is 0.730. The lowest BCUT2D eigenvalue weighted by Crippen LogP contribution is -2.03. The molecule has 0 aliphatic heterocycles. The Hall–Kier alpha value is -1.26. The van der Waals surface area contributed by atoms with Crippen molar-refractivity contribution in [3.8, 4) is 11.4 Å². The Morgan fingerprint density at radius 1 is 1.12 bits per heavy atom. The van der Waals surface area contributed by atoms with Crippen molar-refractivity contribution in [2.24, 2.45) is 5.73 Å². The van der Waals surface area contributed by atoms with Gasteiger partial charge in [0, 0.05) is 22.4 Å². The van der Waals surface area contributed by atoms with E-state index >= 15 is 0 Å². The lowest BCUT2D eigenvalue weighted by molar-refractivity contribution is 0.943. The molecular weight excluding hydrogens is 266 g/mol. The molecule has 1 aromatic heterocycles. The SMILES string of the molecule is NCCc1cnc(-c2ccccc2Br)nc1. The van der Waals surface area contributed by atoms with Crippen molar-refractivity contribution in [1.82, 2.24) is 9.97 Å². The van der Waals surface area contributed by atoms with Crippen LogP contribution in [-0.4, -0.2) is 16.5 Å². The van der Waals surface area contributed by atoms with E-state index in [4.69, 9.17) is 5.73 Å². The largest absolute Gasteiger partial charge is 0.330 e. The topological polar surface area (TPSA) is 51.8 Å². The molecule has 0 saturated heterocycles. The van der Waals surface area contributed by atoms with Gasteiger partial charge < -0.3 is 5.73 Å². The molecule has 2 N–H and O–H groups in total. The third-order valence-electron chi connectivity index (χ3n) is 2.25. The van der Waals surface area contributed by atoms with E-state index in [1.54, 1.807) is 0 Å². The second-order valence-corrected chi connectivity index (χ2v) is 4.29. The Kier molecular flexibility index (Phi) is 3.64. The minimum absolute atomic E-state index is 0.623. The predicted octanol–water partition coefficient (Wildman–Crippen LogP) is 2.41. The first-order valence-electron chi connectivity index (χ1n) is 5.07. The first-order chi connectivity index (χ1) is 7.81. The fraction of sp³-hybridized carbons (Fsp3) is 0.167. The van der Waals surface area contributed by atoms with Gasteiger partial charge in [-0.3, -0.25) is 0 Å². The lowest BCUT2D eigenvalue weighted by atomic mass is 10.2. The number of hydrogen-bond donors (Lipinski definition) is 1. The van der Waals surface area contributed by atoms with Crippen LogP contribution in [0.15, 0.2) is 41.1 Å². The van der Waals surface area contributed by atoms with Crippen molar-refractivity contribution in [2.75, 3.05) is 6.54 Å². The van der Waals surface area contributed by atoms with E-state index in [0.717, 1.165) is 27.8 Å². The van der Waals surface area contributed by atoms with Gasteiger partial charge in [-0.15, -0.1) is 0 Å². The van der Waals surface area contributed by atoms with Crippen molar-refractivity contribution >= 4 is 15.9 Å². The fourth-order valence-electron chi connectivity index (χ4n) is 1.43. The maximum absolute atomic E-state index is 5.47. The molecule has 0 aliphatic carbocycles. The average molecular weight is 278 g/mol. The van der Waals surface area contributed by atoms with Crippen LogP contribution in [0, 0.1) is 0 Å². The maximum Gasteiger partial charge on any atom is 0.160 e. The summed E-state index contributed by atoms with van der Waals surface area (Å²) in [5, 5.41) is 0. The van der Waals surface area contributed by atoms with Gasteiger partial charge in [0.05, 0.1) is 0 Å². The molecule has 3 nitrogen and oxygen atoms in total. The normalized spacial score (nSPS) is 10.4. The van der Waals surface area contributed by atoms with E-state index in [-0.39, 0.29) is 0 Å². The smallest absolute Gasteiger partial charge is 0.160 e. The summed E-state index contributed by atoms with van der Waals surface area (Å²) in [6.45, 7) is 0.623. The van der Waals surface area contributed by atoms with Gasteiger partial charge in [0.15, 0.2) is 5.82 Å². The third kappa shape index (κ3) is 2.46. The molecule has 1 aromatic carbocycles. The zero-order chi connectivity index (χ0) is 11.4. The van der Waals surface area contributed by atoms with Crippen LogP contribution < -0.4 is 5.73 Å². The Balaban J connectivity index is 2.31. The number of benzene rings is 1. The molecular formula is C12H12BrN3. The van der Waals surface area contributed by atoms with E-state index in [9.17, 15) is 0 Å². The Morgan fingerprint density at radius 3 is 2.44 bits per heavy atom. The summed E-state index contributed by atoms with van der Waals surface area (Å²) in [6.07, 6.45) is 4.47. The maximum atomic E-state index is 5.47. The molecule has 0 amide bonds. The number of nitrogens with two attached hydrogens (primary N) is 1. The molecule has 1 heterocycles. The highest BCUT2D eigenvalue weighted by Crippen LogP contribution is 2.24. The number of nitrogens with zero attached hydrogens (tertiary/aromatic N) is 2. The molecule has 0 fully saturated rings. The van der Waals surface area contributed by atoms with Gasteiger partial charge in [0.2, 0.25) is 0 Å². The van der Waals surface area contributed by atoms with Crippen LogP contribution in [-0.2, 0) is 6.42 Å². The zero-order valence-electron chi connectivity index (χ0n) is 8.73. The lowest BCUT2D eigenvalue weighted by Gasteiger charge is -2.03. The highest BCUT2D eigenvalue weighted by atomic mass is 79.9. The van der Waals surface area contributed by atoms with Gasteiger partial charge in [-0.2, -0.15) is 0 Å². The minimum atomic E-state index is 0.623. The van der Waals surface area contributed by atoms with Crippen molar-refractivity contribution in [1.29, 1.82) is 0 Å². The quantitative estimate of drug-likeness (QED) is 0.938. The van der Waals surface area contributed by atoms with Gasteiger partial charge in [-0.05, 0) is 24.6 Å². The minimum Gasteiger partial charge on any atom is -0.330 e. The molecule has 2 aromatic rings. The predicted molar refractivity (Wildman–Crippen MR) is 67.9 cm³/mol. The molecule has 0 bridgehead atoms. The number of aromatic nitrogens is 2. The summed E-state index contributed by atoms with van der Waals surface area (Å²) in [5.41, 5.74) is 7.54. The van der Waals surface area contributed by atoms with Gasteiger partial charge in [-0.25, -0.2) is 9.97 Å². The average Bonchev–Trinajstić information content (AvgIpc) is 2.31. The van der Waals surface area contributed by atoms with Crippen LogP contribution in [0.3, 0.4) is 0 Å². The van der Waals surface area contributed by atoms with Gasteiger partial charge in [-0.1, -0.05) is 34.1 Å². The molecule has 0 saturated carbocycles. The summed E-state index contributed by atoms with van der Waals surface area (Å²) in [6, 6.07) is 7.90. The van der Waals surface area contributed by atoms with Gasteiger partial charge in [0.25, 0.3) is 0 Å². The van der Waals surface area contributed by atoms with Crippen molar-refractivity contribution < 1.29 is 0 Å². The van der Waals surface area contributed by atoms with Crippen LogP contribution in [0.5, 0.6) is 0 Å². The second kappa shape index (κ2) is 5.18. The molecule has 4 heteroatoms. The van der Waals surface area contributed by atoms with Crippen LogP contribution in [0.2, 0.25) is 0 Å². The van der Waals surface area contributed by atoms with E-state index < -0.39 is 0 Å². The fourth-order valence-corrected chi connectivity index (χ4v) is 1.89. The Bertz CT molecular complexity index is 468. The van der Waals surface area contributed by atoms with Crippen LogP contribution in [0.4, 0.5) is 0 Å². The molecule has 0 atom stereocenters. The van der Waals surface area contributed by atoms with Crippen molar-refractivity contribution in [3.05, 3.63) is 46.7 Å². The van der Waals surface area contributed by atoms with Crippen LogP contribution in [0.1, 0.15) is 5.56 Å². The number of hydrogen-bond acceptors (Lipinski definition) is 3. The van der Waals surface area contributed by atoms with Crippen LogP contribution in [0.25, 0.3) is 11.4 Å². The zero-order valence-corrected chi connectivity index (χ0v) is 10.3. The van der Waals surface area contributed by atoms with E-state index in [1.807, 2.05) is 36.7 Å². The molecule has 0 aliphatic rings. The second-order valence-electron chi connectivity index (χ2n) is 3.43. The number of rotatable bonds is 3. The monoisotopic (exact) mass is 277 g/mol. The number of halogens is 1. The molecule has 16 heavy (non-hydrogen) atoms. The molecule has 82 valence electrons. The first-order valence-corrected chi connectivity index (χ1v) is 5.86. The molecule has 0 radical (unpaired) electrons. The molecule has 2 rings (SSSR count). The summed E-state index contributed by atoms with van der Waals surface area (Å²) in [7, 11) is 0. The van der Waals surface area contributed by atoms with E-state index in [2.05, 4.69) is 25.9 Å². The van der Waals surface area contributed by atoms with Gasteiger partial charge in [0.1, 0.15) is 0 Å². The van der Waals surface area contributed by atoms with Gasteiger partial charge >= 0.3 is 0 Å². The van der Waals surface area contributed by atoms with Crippen LogP contribution >= 0.6 is 15.9 Å². The Labute approximate surface area is 103 Å². The van der Waals surface area contributed by atoms with Crippen molar-refractivity contribution in [3.63, 3.8) is 0 Å². The molecule has 0 spiro atoms. The molecule has 0 unspecified atom stereocenters.